The fourth-order valence-electron chi connectivity index (χ4n) is 2.54. The highest BCUT2D eigenvalue weighted by Gasteiger charge is 2.18. The molecule has 5 nitrogen and oxygen atoms in total. The summed E-state index contributed by atoms with van der Waals surface area (Å²) >= 11 is 0. The van der Waals surface area contributed by atoms with Gasteiger partial charge in [0.05, 0.1) is 12.2 Å². The van der Waals surface area contributed by atoms with Gasteiger partial charge in [-0.1, -0.05) is 42.0 Å². The number of fused-ring (bicyclic) bond motifs is 1. The maximum Gasteiger partial charge on any atom is 0.228 e. The zero-order chi connectivity index (χ0) is 16.4. The van der Waals surface area contributed by atoms with Gasteiger partial charge in [0.1, 0.15) is 0 Å². The first-order valence-corrected chi connectivity index (χ1v) is 9.01. The minimum atomic E-state index is -3.40. The van der Waals surface area contributed by atoms with Crippen LogP contribution in [0.3, 0.4) is 0 Å². The predicted molar refractivity (Wildman–Crippen MR) is 89.4 cm³/mol. The second kappa shape index (κ2) is 6.14. The molecular formula is C17H18N2O3S. The van der Waals surface area contributed by atoms with E-state index >= 15 is 0 Å². The van der Waals surface area contributed by atoms with E-state index in [1.54, 1.807) is 0 Å². The summed E-state index contributed by atoms with van der Waals surface area (Å²) in [5.74, 6) is -0.0739. The number of amides is 1. The average molecular weight is 330 g/mol. The van der Waals surface area contributed by atoms with E-state index in [0.29, 0.717) is 6.42 Å². The second-order valence-electron chi connectivity index (χ2n) is 5.78. The van der Waals surface area contributed by atoms with Crippen LogP contribution in [0.2, 0.25) is 0 Å². The zero-order valence-electron chi connectivity index (χ0n) is 12.8. The number of hydrogen-bond donors (Lipinski definition) is 2. The molecule has 0 spiro atoms. The fraction of sp³-hybridized carbons (Fsp3) is 0.235. The van der Waals surface area contributed by atoms with Crippen molar-refractivity contribution in [2.75, 3.05) is 5.32 Å². The fourth-order valence-corrected chi connectivity index (χ4v) is 3.66. The summed E-state index contributed by atoms with van der Waals surface area (Å²) in [6.45, 7) is 2.18. The molecule has 0 unspecified atom stereocenters. The van der Waals surface area contributed by atoms with Gasteiger partial charge in [0.15, 0.2) is 0 Å². The molecule has 3 rings (SSSR count). The molecule has 120 valence electrons. The van der Waals surface area contributed by atoms with Crippen molar-refractivity contribution < 1.29 is 13.2 Å². The van der Waals surface area contributed by atoms with E-state index in [9.17, 15) is 13.2 Å². The molecule has 2 aromatic carbocycles. The highest BCUT2D eigenvalue weighted by Crippen LogP contribution is 2.23. The van der Waals surface area contributed by atoms with Crippen molar-refractivity contribution in [2.45, 2.75) is 25.6 Å². The summed E-state index contributed by atoms with van der Waals surface area (Å²) in [5.41, 5.74) is 4.41. The van der Waals surface area contributed by atoms with Gasteiger partial charge in [0, 0.05) is 12.2 Å². The summed E-state index contributed by atoms with van der Waals surface area (Å²) in [7, 11) is -3.40. The first kappa shape index (κ1) is 15.7. The summed E-state index contributed by atoms with van der Waals surface area (Å²) in [5, 5.41) is 2.76. The number of benzene rings is 2. The molecule has 0 atom stereocenters. The van der Waals surface area contributed by atoms with E-state index in [0.717, 1.165) is 27.9 Å². The minimum Gasteiger partial charge on any atom is -0.326 e. The van der Waals surface area contributed by atoms with Crippen LogP contribution in [-0.4, -0.2) is 14.3 Å². The van der Waals surface area contributed by atoms with Crippen molar-refractivity contribution in [3.05, 3.63) is 64.7 Å². The van der Waals surface area contributed by atoms with Crippen molar-refractivity contribution in [2.24, 2.45) is 0 Å². The Hall–Kier alpha value is -2.18. The molecule has 0 radical (unpaired) electrons. The number of aryl methyl sites for hydroxylation is 1. The molecule has 0 fully saturated rings. The topological polar surface area (TPSA) is 75.3 Å². The largest absolute Gasteiger partial charge is 0.326 e. The van der Waals surface area contributed by atoms with Gasteiger partial charge in [0.2, 0.25) is 15.9 Å². The molecule has 0 saturated carbocycles. The second-order valence-corrected chi connectivity index (χ2v) is 7.59. The van der Waals surface area contributed by atoms with Crippen LogP contribution in [0.4, 0.5) is 5.69 Å². The minimum absolute atomic E-state index is 0.0305. The van der Waals surface area contributed by atoms with Crippen molar-refractivity contribution in [1.82, 2.24) is 4.72 Å². The summed E-state index contributed by atoms with van der Waals surface area (Å²) in [6, 6.07) is 12.9. The van der Waals surface area contributed by atoms with E-state index in [-0.39, 0.29) is 18.2 Å². The quantitative estimate of drug-likeness (QED) is 0.882. The summed E-state index contributed by atoms with van der Waals surface area (Å²) in [6.07, 6.45) is 0.347. The van der Waals surface area contributed by atoms with Crippen LogP contribution in [0.25, 0.3) is 0 Å². The van der Waals surface area contributed by atoms with Crippen LogP contribution in [0.15, 0.2) is 42.5 Å². The van der Waals surface area contributed by atoms with Crippen molar-refractivity contribution >= 4 is 21.6 Å². The lowest BCUT2D eigenvalue weighted by molar-refractivity contribution is -0.115. The van der Waals surface area contributed by atoms with Crippen LogP contribution >= 0.6 is 0 Å². The van der Waals surface area contributed by atoms with Gasteiger partial charge in [-0.3, -0.25) is 4.79 Å². The van der Waals surface area contributed by atoms with E-state index < -0.39 is 10.0 Å². The van der Waals surface area contributed by atoms with Crippen LogP contribution in [-0.2, 0) is 33.5 Å². The molecule has 2 aromatic rings. The Bertz CT molecular complexity index is 843. The first-order valence-electron chi connectivity index (χ1n) is 7.36. The normalized spacial score (nSPS) is 13.7. The number of nitrogens with one attached hydrogen (secondary N) is 2. The Kier molecular flexibility index (Phi) is 4.19. The van der Waals surface area contributed by atoms with Gasteiger partial charge in [-0.05, 0) is 29.7 Å². The van der Waals surface area contributed by atoms with Crippen LogP contribution in [0, 0.1) is 6.92 Å². The standard InChI is InChI=1S/C17H18N2O3S/c1-12-2-4-13(5-3-12)11-23(21,22)18-10-14-6-7-16-15(8-14)9-17(20)19-16/h2-8,18H,9-11H2,1H3,(H,19,20). The first-order chi connectivity index (χ1) is 10.9. The number of carbonyl (C=O) groups is 1. The molecule has 1 aliphatic heterocycles. The number of hydrogen-bond acceptors (Lipinski definition) is 3. The van der Waals surface area contributed by atoms with Gasteiger partial charge < -0.3 is 5.32 Å². The Morgan fingerprint density at radius 3 is 2.52 bits per heavy atom. The molecule has 6 heteroatoms. The average Bonchev–Trinajstić information content (AvgIpc) is 2.87. The van der Waals surface area contributed by atoms with Crippen LogP contribution in [0.1, 0.15) is 22.3 Å². The molecule has 2 N–H and O–H groups in total. The van der Waals surface area contributed by atoms with E-state index in [4.69, 9.17) is 0 Å². The SMILES string of the molecule is Cc1ccc(CS(=O)(=O)NCc2ccc3c(c2)CC(=O)N3)cc1. The Balaban J connectivity index is 1.64. The molecule has 1 amide bonds. The third-order valence-corrected chi connectivity index (χ3v) is 5.07. The lowest BCUT2D eigenvalue weighted by Gasteiger charge is -2.08. The number of carbonyl (C=O) groups excluding carboxylic acids is 1. The van der Waals surface area contributed by atoms with Gasteiger partial charge in [-0.15, -0.1) is 0 Å². The highest BCUT2D eigenvalue weighted by atomic mass is 32.2. The number of sulfonamides is 1. The highest BCUT2D eigenvalue weighted by molar-refractivity contribution is 7.88. The molecule has 1 aliphatic rings. The maximum atomic E-state index is 12.2. The van der Waals surface area contributed by atoms with E-state index in [1.165, 1.54) is 0 Å². The molecular weight excluding hydrogens is 312 g/mol. The number of anilines is 1. The molecule has 0 aromatic heterocycles. The third-order valence-electron chi connectivity index (χ3n) is 3.77. The summed E-state index contributed by atoms with van der Waals surface area (Å²) < 4.78 is 26.9. The lowest BCUT2D eigenvalue weighted by atomic mass is 10.1. The predicted octanol–water partition coefficient (Wildman–Crippen LogP) is 2.11. The van der Waals surface area contributed by atoms with Crippen molar-refractivity contribution in [3.8, 4) is 0 Å². The lowest BCUT2D eigenvalue weighted by Crippen LogP contribution is -2.24. The van der Waals surface area contributed by atoms with E-state index in [2.05, 4.69) is 10.0 Å². The Morgan fingerprint density at radius 2 is 1.78 bits per heavy atom. The van der Waals surface area contributed by atoms with E-state index in [1.807, 2.05) is 49.4 Å². The Labute approximate surface area is 135 Å². The molecule has 1 heterocycles. The van der Waals surface area contributed by atoms with Gasteiger partial charge in [-0.2, -0.15) is 0 Å². The summed E-state index contributed by atoms with van der Waals surface area (Å²) in [4.78, 5) is 11.3. The van der Waals surface area contributed by atoms with Crippen molar-refractivity contribution in [3.63, 3.8) is 0 Å². The maximum absolute atomic E-state index is 12.2. The van der Waals surface area contributed by atoms with Crippen molar-refractivity contribution in [1.29, 1.82) is 0 Å². The molecule has 0 bridgehead atoms. The monoisotopic (exact) mass is 330 g/mol. The number of rotatable bonds is 5. The molecule has 0 saturated heterocycles. The zero-order valence-corrected chi connectivity index (χ0v) is 13.6. The third kappa shape index (κ3) is 3.97. The van der Waals surface area contributed by atoms with Gasteiger partial charge >= 0.3 is 0 Å². The Morgan fingerprint density at radius 1 is 1.09 bits per heavy atom. The molecule has 0 aliphatic carbocycles. The smallest absolute Gasteiger partial charge is 0.228 e. The van der Waals surface area contributed by atoms with Gasteiger partial charge in [0.25, 0.3) is 0 Å². The van der Waals surface area contributed by atoms with Gasteiger partial charge in [-0.25, -0.2) is 13.1 Å². The van der Waals surface area contributed by atoms with Crippen LogP contribution < -0.4 is 10.0 Å². The molecule has 23 heavy (non-hydrogen) atoms. The van der Waals surface area contributed by atoms with Crippen LogP contribution in [0.5, 0.6) is 0 Å².